The van der Waals surface area contributed by atoms with Crippen molar-refractivity contribution in [2.75, 3.05) is 7.05 Å². The van der Waals surface area contributed by atoms with Gasteiger partial charge in [-0.15, -0.1) is 0 Å². The maximum atomic E-state index is 13.5. The van der Waals surface area contributed by atoms with E-state index in [-0.39, 0.29) is 5.82 Å². The van der Waals surface area contributed by atoms with Crippen LogP contribution in [0.2, 0.25) is 0 Å². The molecule has 1 aliphatic rings. The third-order valence-electron chi connectivity index (χ3n) is 3.28. The van der Waals surface area contributed by atoms with Crippen LogP contribution in [0.4, 0.5) is 4.39 Å². The van der Waals surface area contributed by atoms with Crippen LogP contribution >= 0.6 is 0 Å². The van der Waals surface area contributed by atoms with Gasteiger partial charge in [-0.1, -0.05) is 12.1 Å². The number of hydrogen-bond acceptors (Lipinski definition) is 1. The van der Waals surface area contributed by atoms with E-state index in [4.69, 9.17) is 0 Å². The topological polar surface area (TPSA) is 27.8 Å². The summed E-state index contributed by atoms with van der Waals surface area (Å²) in [4.78, 5) is 3.19. The molecule has 1 atom stereocenters. The van der Waals surface area contributed by atoms with Crippen molar-refractivity contribution >= 4 is 10.9 Å². The highest BCUT2D eigenvalue weighted by Gasteiger charge is 2.26. The van der Waals surface area contributed by atoms with Gasteiger partial charge in [0.1, 0.15) is 5.82 Å². The molecular formula is C12H13FN2. The fourth-order valence-corrected chi connectivity index (χ4v) is 2.57. The summed E-state index contributed by atoms with van der Waals surface area (Å²) in [5, 5.41) is 4.30. The molecule has 78 valence electrons. The van der Waals surface area contributed by atoms with Crippen molar-refractivity contribution in [3.05, 3.63) is 35.3 Å². The van der Waals surface area contributed by atoms with Crippen molar-refractivity contribution in [3.63, 3.8) is 0 Å². The van der Waals surface area contributed by atoms with Crippen LogP contribution in [0.1, 0.15) is 23.7 Å². The molecule has 2 aromatic rings. The second-order valence-electron chi connectivity index (χ2n) is 4.06. The molecule has 2 N–H and O–H groups in total. The van der Waals surface area contributed by atoms with Crippen molar-refractivity contribution in [3.8, 4) is 0 Å². The van der Waals surface area contributed by atoms with Gasteiger partial charge in [0, 0.05) is 17.1 Å². The summed E-state index contributed by atoms with van der Waals surface area (Å²) in [6.45, 7) is 0. The standard InChI is InChI=1S/C12H13FN2/c1-14-9-5-6-10-11(9)7-3-2-4-8(13)12(7)15-10/h2-4,9,14-15H,5-6H2,1H3. The molecule has 1 aromatic heterocycles. The monoisotopic (exact) mass is 204 g/mol. The van der Waals surface area contributed by atoms with E-state index in [1.54, 1.807) is 6.07 Å². The summed E-state index contributed by atoms with van der Waals surface area (Å²) in [5.41, 5.74) is 3.10. The van der Waals surface area contributed by atoms with E-state index in [9.17, 15) is 4.39 Å². The minimum absolute atomic E-state index is 0.156. The Kier molecular flexibility index (Phi) is 1.83. The first-order valence-electron chi connectivity index (χ1n) is 5.27. The van der Waals surface area contributed by atoms with Crippen LogP contribution in [0.25, 0.3) is 10.9 Å². The Balaban J connectivity index is 2.32. The number of benzene rings is 1. The zero-order valence-electron chi connectivity index (χ0n) is 8.60. The summed E-state index contributed by atoms with van der Waals surface area (Å²) < 4.78 is 13.5. The Labute approximate surface area is 87.5 Å². The lowest BCUT2D eigenvalue weighted by molar-refractivity contribution is 0.592. The number of aromatic nitrogens is 1. The fraction of sp³-hybridized carbons (Fsp3) is 0.333. The van der Waals surface area contributed by atoms with Gasteiger partial charge in [-0.3, -0.25) is 0 Å². The highest BCUT2D eigenvalue weighted by atomic mass is 19.1. The predicted octanol–water partition coefficient (Wildman–Crippen LogP) is 2.51. The fourth-order valence-electron chi connectivity index (χ4n) is 2.57. The summed E-state index contributed by atoms with van der Waals surface area (Å²) in [5.74, 6) is -0.156. The SMILES string of the molecule is CNC1CCc2[nH]c3c(F)cccc3c21. The second kappa shape index (κ2) is 3.07. The van der Waals surface area contributed by atoms with E-state index in [1.165, 1.54) is 17.3 Å². The molecule has 0 radical (unpaired) electrons. The van der Waals surface area contributed by atoms with Gasteiger partial charge in [-0.05, 0) is 31.5 Å². The number of aromatic amines is 1. The van der Waals surface area contributed by atoms with Crippen LogP contribution in [-0.2, 0) is 6.42 Å². The van der Waals surface area contributed by atoms with Crippen LogP contribution in [0.15, 0.2) is 18.2 Å². The first-order valence-corrected chi connectivity index (χ1v) is 5.27. The average Bonchev–Trinajstić information content (AvgIpc) is 2.77. The zero-order valence-corrected chi connectivity index (χ0v) is 8.60. The van der Waals surface area contributed by atoms with Crippen LogP contribution in [0.5, 0.6) is 0 Å². The lowest BCUT2D eigenvalue weighted by Gasteiger charge is -2.08. The normalized spacial score (nSPS) is 19.7. The zero-order chi connectivity index (χ0) is 10.4. The van der Waals surface area contributed by atoms with Gasteiger partial charge >= 0.3 is 0 Å². The first kappa shape index (κ1) is 8.92. The number of rotatable bonds is 1. The first-order chi connectivity index (χ1) is 7.31. The molecule has 0 fully saturated rings. The van der Waals surface area contributed by atoms with Crippen LogP contribution in [0, 0.1) is 5.82 Å². The molecule has 0 saturated heterocycles. The van der Waals surface area contributed by atoms with Crippen LogP contribution in [-0.4, -0.2) is 12.0 Å². The number of nitrogens with one attached hydrogen (secondary N) is 2. The van der Waals surface area contributed by atoms with Crippen molar-refractivity contribution in [2.24, 2.45) is 0 Å². The molecule has 0 saturated carbocycles. The third-order valence-corrected chi connectivity index (χ3v) is 3.28. The number of hydrogen-bond donors (Lipinski definition) is 2. The molecule has 0 bridgehead atoms. The van der Waals surface area contributed by atoms with Crippen LogP contribution < -0.4 is 5.32 Å². The number of aryl methyl sites for hydroxylation is 1. The average molecular weight is 204 g/mol. The number of fused-ring (bicyclic) bond motifs is 3. The van der Waals surface area contributed by atoms with Gasteiger partial charge < -0.3 is 10.3 Å². The lowest BCUT2D eigenvalue weighted by atomic mass is 10.1. The highest BCUT2D eigenvalue weighted by molar-refractivity contribution is 5.86. The molecule has 3 rings (SSSR count). The second-order valence-corrected chi connectivity index (χ2v) is 4.06. The molecule has 1 heterocycles. The van der Waals surface area contributed by atoms with E-state index in [0.717, 1.165) is 18.2 Å². The van der Waals surface area contributed by atoms with Crippen molar-refractivity contribution in [1.29, 1.82) is 0 Å². The smallest absolute Gasteiger partial charge is 0.147 e. The Morgan fingerprint density at radius 1 is 1.47 bits per heavy atom. The third kappa shape index (κ3) is 1.13. The van der Waals surface area contributed by atoms with E-state index in [0.29, 0.717) is 11.6 Å². The van der Waals surface area contributed by atoms with Gasteiger partial charge in [0.15, 0.2) is 0 Å². The quantitative estimate of drug-likeness (QED) is 0.734. The molecule has 0 aliphatic heterocycles. The molecule has 15 heavy (non-hydrogen) atoms. The molecule has 1 unspecified atom stereocenters. The molecule has 0 spiro atoms. The molecular weight excluding hydrogens is 191 g/mol. The molecule has 3 heteroatoms. The lowest BCUT2D eigenvalue weighted by Crippen LogP contribution is -2.12. The van der Waals surface area contributed by atoms with Gasteiger partial charge in [-0.2, -0.15) is 0 Å². The van der Waals surface area contributed by atoms with Gasteiger partial charge in [0.05, 0.1) is 5.52 Å². The molecule has 0 amide bonds. The number of halogens is 1. The number of para-hydroxylation sites is 1. The van der Waals surface area contributed by atoms with Gasteiger partial charge in [0.2, 0.25) is 0 Å². The van der Waals surface area contributed by atoms with Crippen molar-refractivity contribution < 1.29 is 4.39 Å². The summed E-state index contributed by atoms with van der Waals surface area (Å²) >= 11 is 0. The highest BCUT2D eigenvalue weighted by Crippen LogP contribution is 2.37. The summed E-state index contributed by atoms with van der Waals surface area (Å²) in [7, 11) is 1.96. The number of H-pyrrole nitrogens is 1. The predicted molar refractivity (Wildman–Crippen MR) is 58.4 cm³/mol. The van der Waals surface area contributed by atoms with E-state index in [1.807, 2.05) is 13.1 Å². The van der Waals surface area contributed by atoms with Gasteiger partial charge in [-0.25, -0.2) is 4.39 Å². The Hall–Kier alpha value is -1.35. The minimum Gasteiger partial charge on any atom is -0.356 e. The van der Waals surface area contributed by atoms with Crippen molar-refractivity contribution in [2.45, 2.75) is 18.9 Å². The Morgan fingerprint density at radius 3 is 3.13 bits per heavy atom. The Bertz CT molecular complexity index is 516. The van der Waals surface area contributed by atoms with E-state index >= 15 is 0 Å². The molecule has 1 aliphatic carbocycles. The summed E-state index contributed by atoms with van der Waals surface area (Å²) in [6, 6.07) is 5.64. The molecule has 2 nitrogen and oxygen atoms in total. The largest absolute Gasteiger partial charge is 0.356 e. The maximum Gasteiger partial charge on any atom is 0.147 e. The summed E-state index contributed by atoms with van der Waals surface area (Å²) in [6.07, 6.45) is 2.11. The molecule has 1 aromatic carbocycles. The maximum absolute atomic E-state index is 13.5. The Morgan fingerprint density at radius 2 is 2.33 bits per heavy atom. The van der Waals surface area contributed by atoms with Crippen LogP contribution in [0.3, 0.4) is 0 Å². The van der Waals surface area contributed by atoms with E-state index in [2.05, 4.69) is 10.3 Å². The minimum atomic E-state index is -0.156. The van der Waals surface area contributed by atoms with E-state index < -0.39 is 0 Å². The van der Waals surface area contributed by atoms with Crippen molar-refractivity contribution in [1.82, 2.24) is 10.3 Å². The van der Waals surface area contributed by atoms with Gasteiger partial charge in [0.25, 0.3) is 0 Å².